The Kier molecular flexibility index (Phi) is 7.35. The summed E-state index contributed by atoms with van der Waals surface area (Å²) >= 11 is 0. The van der Waals surface area contributed by atoms with E-state index in [9.17, 15) is 0 Å². The van der Waals surface area contributed by atoms with E-state index in [4.69, 9.17) is 0 Å². The number of nitrogens with one attached hydrogen (secondary N) is 2. The van der Waals surface area contributed by atoms with Crippen LogP contribution < -0.4 is 15.5 Å². The van der Waals surface area contributed by atoms with Crippen LogP contribution in [0.5, 0.6) is 0 Å². The zero-order valence-corrected chi connectivity index (χ0v) is 15.7. The zero-order chi connectivity index (χ0) is 17.4. The third kappa shape index (κ3) is 6.02. The maximum atomic E-state index is 4.65. The minimum absolute atomic E-state index is 0.599. The molecule has 0 bridgehead atoms. The molecule has 5 heteroatoms. The van der Waals surface area contributed by atoms with Gasteiger partial charge in [0.1, 0.15) is 5.82 Å². The van der Waals surface area contributed by atoms with E-state index in [1.807, 2.05) is 6.20 Å². The summed E-state index contributed by atoms with van der Waals surface area (Å²) < 4.78 is 0. The van der Waals surface area contributed by atoms with E-state index in [0.29, 0.717) is 12.5 Å². The van der Waals surface area contributed by atoms with Crippen molar-refractivity contribution in [1.82, 2.24) is 15.6 Å². The molecule has 1 aromatic heterocycles. The number of pyridine rings is 1. The first-order valence-corrected chi connectivity index (χ1v) is 9.30. The Hall–Kier alpha value is -1.78. The van der Waals surface area contributed by atoms with Gasteiger partial charge in [-0.3, -0.25) is 0 Å². The number of guanidine groups is 1. The van der Waals surface area contributed by atoms with Gasteiger partial charge >= 0.3 is 0 Å². The van der Waals surface area contributed by atoms with Gasteiger partial charge < -0.3 is 15.5 Å². The van der Waals surface area contributed by atoms with Crippen molar-refractivity contribution < 1.29 is 0 Å². The molecule has 1 aliphatic heterocycles. The molecule has 0 aliphatic carbocycles. The van der Waals surface area contributed by atoms with Gasteiger partial charge in [-0.25, -0.2) is 9.98 Å². The summed E-state index contributed by atoms with van der Waals surface area (Å²) in [4.78, 5) is 11.7. The first-order valence-electron chi connectivity index (χ1n) is 9.30. The second-order valence-corrected chi connectivity index (χ2v) is 7.16. The summed E-state index contributed by atoms with van der Waals surface area (Å²) in [5.41, 5.74) is 1.14. The number of hydrogen-bond donors (Lipinski definition) is 2. The topological polar surface area (TPSA) is 52.6 Å². The smallest absolute Gasteiger partial charge is 0.191 e. The first-order chi connectivity index (χ1) is 11.6. The second-order valence-electron chi connectivity index (χ2n) is 7.16. The summed E-state index contributed by atoms with van der Waals surface area (Å²) in [7, 11) is 0. The molecule has 0 atom stereocenters. The normalized spacial score (nSPS) is 16.5. The highest BCUT2D eigenvalue weighted by atomic mass is 15.2. The molecule has 1 aromatic rings. The maximum absolute atomic E-state index is 4.65. The molecule has 2 heterocycles. The van der Waals surface area contributed by atoms with Crippen molar-refractivity contribution >= 4 is 11.8 Å². The largest absolute Gasteiger partial charge is 0.357 e. The predicted molar refractivity (Wildman–Crippen MR) is 103 cm³/mol. The average Bonchev–Trinajstić information content (AvgIpc) is 2.58. The van der Waals surface area contributed by atoms with Crippen LogP contribution in [0.15, 0.2) is 23.3 Å². The van der Waals surface area contributed by atoms with Crippen LogP contribution in [0.25, 0.3) is 0 Å². The number of hydrogen-bond acceptors (Lipinski definition) is 3. The van der Waals surface area contributed by atoms with E-state index < -0.39 is 0 Å². The Bertz CT molecular complexity index is 501. The quantitative estimate of drug-likeness (QED) is 0.621. The molecule has 0 aromatic carbocycles. The van der Waals surface area contributed by atoms with Gasteiger partial charge in [-0.15, -0.1) is 0 Å². The van der Waals surface area contributed by atoms with E-state index in [-0.39, 0.29) is 0 Å². The monoisotopic (exact) mass is 331 g/mol. The van der Waals surface area contributed by atoms with Gasteiger partial charge in [-0.2, -0.15) is 0 Å². The SMILES string of the molecule is CCNC(=NCc1ccc(N2CCC(C)CC2)nc1)NCC(C)C. The van der Waals surface area contributed by atoms with Gasteiger partial charge in [0.2, 0.25) is 0 Å². The number of rotatable bonds is 6. The van der Waals surface area contributed by atoms with Crippen molar-refractivity contribution in [3.63, 3.8) is 0 Å². The van der Waals surface area contributed by atoms with Gasteiger partial charge in [-0.1, -0.05) is 26.8 Å². The highest BCUT2D eigenvalue weighted by molar-refractivity contribution is 5.79. The molecule has 0 radical (unpaired) electrons. The molecular formula is C19H33N5. The Morgan fingerprint density at radius 3 is 2.62 bits per heavy atom. The molecular weight excluding hydrogens is 298 g/mol. The van der Waals surface area contributed by atoms with Crippen molar-refractivity contribution in [3.05, 3.63) is 23.9 Å². The minimum atomic E-state index is 0.599. The molecule has 2 rings (SSSR count). The second kappa shape index (κ2) is 9.50. The van der Waals surface area contributed by atoms with Crippen LogP contribution in [0.3, 0.4) is 0 Å². The minimum Gasteiger partial charge on any atom is -0.357 e. The van der Waals surface area contributed by atoms with E-state index in [0.717, 1.165) is 49.4 Å². The maximum Gasteiger partial charge on any atom is 0.191 e. The molecule has 24 heavy (non-hydrogen) atoms. The van der Waals surface area contributed by atoms with E-state index in [1.165, 1.54) is 12.8 Å². The van der Waals surface area contributed by atoms with Crippen LogP contribution in [-0.4, -0.2) is 37.1 Å². The van der Waals surface area contributed by atoms with Crippen molar-refractivity contribution in [3.8, 4) is 0 Å². The molecule has 2 N–H and O–H groups in total. The van der Waals surface area contributed by atoms with Crippen LogP contribution in [0, 0.1) is 11.8 Å². The highest BCUT2D eigenvalue weighted by Gasteiger charge is 2.16. The molecule has 0 saturated carbocycles. The Labute approximate surface area is 147 Å². The zero-order valence-electron chi connectivity index (χ0n) is 15.7. The summed E-state index contributed by atoms with van der Waals surface area (Å²) in [5, 5.41) is 6.65. The number of nitrogens with zero attached hydrogens (tertiary/aromatic N) is 3. The summed E-state index contributed by atoms with van der Waals surface area (Å²) in [6, 6.07) is 4.28. The van der Waals surface area contributed by atoms with Crippen LogP contribution >= 0.6 is 0 Å². The van der Waals surface area contributed by atoms with Crippen molar-refractivity contribution in [2.75, 3.05) is 31.1 Å². The van der Waals surface area contributed by atoms with Gasteiger partial charge in [0.25, 0.3) is 0 Å². The lowest BCUT2D eigenvalue weighted by atomic mass is 9.99. The fourth-order valence-electron chi connectivity index (χ4n) is 2.75. The molecule has 1 saturated heterocycles. The average molecular weight is 332 g/mol. The van der Waals surface area contributed by atoms with Gasteiger partial charge in [0.15, 0.2) is 5.96 Å². The number of piperidine rings is 1. The third-order valence-corrected chi connectivity index (χ3v) is 4.36. The summed E-state index contributed by atoms with van der Waals surface area (Å²) in [5.74, 6) is 3.42. The van der Waals surface area contributed by atoms with Gasteiger partial charge in [0.05, 0.1) is 6.54 Å². The fraction of sp³-hybridized carbons (Fsp3) is 0.684. The lowest BCUT2D eigenvalue weighted by molar-refractivity contribution is 0.436. The lowest BCUT2D eigenvalue weighted by Gasteiger charge is -2.31. The third-order valence-electron chi connectivity index (χ3n) is 4.36. The Balaban J connectivity index is 1.90. The van der Waals surface area contributed by atoms with Crippen LogP contribution in [0.2, 0.25) is 0 Å². The summed E-state index contributed by atoms with van der Waals surface area (Å²) in [6.07, 6.45) is 4.49. The Morgan fingerprint density at radius 1 is 1.29 bits per heavy atom. The molecule has 0 amide bonds. The van der Waals surface area contributed by atoms with E-state index in [1.54, 1.807) is 0 Å². The number of aliphatic imine (C=N–C) groups is 1. The van der Waals surface area contributed by atoms with Gasteiger partial charge in [-0.05, 0) is 43.2 Å². The molecule has 1 aliphatic rings. The molecule has 5 nitrogen and oxygen atoms in total. The van der Waals surface area contributed by atoms with E-state index in [2.05, 4.69) is 65.3 Å². The van der Waals surface area contributed by atoms with Crippen LogP contribution in [0.1, 0.15) is 46.1 Å². The molecule has 1 fully saturated rings. The standard InChI is InChI=1S/C19H33N5/c1-5-20-19(22-12-15(2)3)23-14-17-6-7-18(21-13-17)24-10-8-16(4)9-11-24/h6-7,13,15-16H,5,8-12,14H2,1-4H3,(H2,20,22,23). The number of aromatic nitrogens is 1. The van der Waals surface area contributed by atoms with Crippen molar-refractivity contribution in [1.29, 1.82) is 0 Å². The first kappa shape index (κ1) is 18.6. The molecule has 0 spiro atoms. The van der Waals surface area contributed by atoms with Crippen molar-refractivity contribution in [2.24, 2.45) is 16.8 Å². The lowest BCUT2D eigenvalue weighted by Crippen LogP contribution is -2.39. The van der Waals surface area contributed by atoms with Crippen LogP contribution in [0.4, 0.5) is 5.82 Å². The van der Waals surface area contributed by atoms with Crippen molar-refractivity contribution in [2.45, 2.75) is 47.1 Å². The summed E-state index contributed by atoms with van der Waals surface area (Å²) in [6.45, 7) is 13.5. The highest BCUT2D eigenvalue weighted by Crippen LogP contribution is 2.21. The van der Waals surface area contributed by atoms with Crippen LogP contribution in [-0.2, 0) is 6.54 Å². The number of anilines is 1. The predicted octanol–water partition coefficient (Wildman–Crippen LogP) is 3.03. The molecule has 134 valence electrons. The molecule has 0 unspecified atom stereocenters. The Morgan fingerprint density at radius 2 is 2.04 bits per heavy atom. The fourth-order valence-corrected chi connectivity index (χ4v) is 2.75. The van der Waals surface area contributed by atoms with Gasteiger partial charge in [0, 0.05) is 32.4 Å². The van der Waals surface area contributed by atoms with E-state index >= 15 is 0 Å².